The lowest BCUT2D eigenvalue weighted by molar-refractivity contribution is -0.116. The Bertz CT molecular complexity index is 877. The minimum Gasteiger partial charge on any atom is -0.493 e. The number of tetrazole rings is 1. The van der Waals surface area contributed by atoms with Gasteiger partial charge in [0.05, 0.1) is 6.61 Å². The van der Waals surface area contributed by atoms with E-state index in [1.54, 1.807) is 0 Å². The number of amides is 1. The van der Waals surface area contributed by atoms with Crippen molar-refractivity contribution in [1.82, 2.24) is 20.6 Å². The zero-order valence-corrected chi connectivity index (χ0v) is 14.2. The van der Waals surface area contributed by atoms with Crippen LogP contribution in [0.4, 0.5) is 5.69 Å². The highest BCUT2D eigenvalue weighted by molar-refractivity contribution is 5.91. The number of anilines is 1. The second kappa shape index (κ2) is 7.35. The van der Waals surface area contributed by atoms with Crippen molar-refractivity contribution in [3.63, 3.8) is 0 Å². The first-order valence-electron chi connectivity index (χ1n) is 8.61. The first-order valence-corrected chi connectivity index (χ1v) is 8.61. The molecule has 0 radical (unpaired) electrons. The maximum absolute atomic E-state index is 12.4. The molecule has 0 saturated heterocycles. The van der Waals surface area contributed by atoms with Gasteiger partial charge in [-0.2, -0.15) is 5.21 Å². The Labute approximate surface area is 150 Å². The van der Waals surface area contributed by atoms with Crippen LogP contribution in [0.2, 0.25) is 0 Å². The molecule has 2 heterocycles. The number of rotatable bonds is 5. The number of hydrogen-bond donors (Lipinski definition) is 2. The summed E-state index contributed by atoms with van der Waals surface area (Å²) in [5.41, 5.74) is 2.96. The molecule has 0 bridgehead atoms. The summed E-state index contributed by atoms with van der Waals surface area (Å²) in [7, 11) is 0. The second-order valence-corrected chi connectivity index (χ2v) is 6.33. The fraction of sp³-hybridized carbons (Fsp3) is 0.263. The monoisotopic (exact) mass is 349 g/mol. The van der Waals surface area contributed by atoms with Crippen LogP contribution in [0.5, 0.6) is 5.75 Å². The predicted molar refractivity (Wildman–Crippen MR) is 96.0 cm³/mol. The molecule has 0 spiro atoms. The number of aromatic amines is 1. The summed E-state index contributed by atoms with van der Waals surface area (Å²) in [6.45, 7) is 0.653. The average molecular weight is 349 g/mol. The SMILES string of the molecule is O=C(C[C@H]1CCOc2ccccc21)Nc1ccc(Cc2nn[nH]n2)cc1. The van der Waals surface area contributed by atoms with E-state index in [1.807, 2.05) is 48.5 Å². The minimum atomic E-state index is 0.0117. The van der Waals surface area contributed by atoms with Crippen LogP contribution in [0.15, 0.2) is 48.5 Å². The van der Waals surface area contributed by atoms with Crippen molar-refractivity contribution in [3.8, 4) is 5.75 Å². The van der Waals surface area contributed by atoms with Crippen molar-refractivity contribution in [2.45, 2.75) is 25.2 Å². The van der Waals surface area contributed by atoms with Crippen LogP contribution in [0.3, 0.4) is 0 Å². The fourth-order valence-corrected chi connectivity index (χ4v) is 3.21. The van der Waals surface area contributed by atoms with Crippen molar-refractivity contribution in [3.05, 3.63) is 65.5 Å². The normalized spacial score (nSPS) is 15.8. The zero-order chi connectivity index (χ0) is 17.8. The molecule has 4 rings (SSSR count). The molecular formula is C19H19N5O2. The molecule has 26 heavy (non-hydrogen) atoms. The minimum absolute atomic E-state index is 0.0117. The molecule has 7 heteroatoms. The molecule has 1 aliphatic heterocycles. The van der Waals surface area contributed by atoms with Gasteiger partial charge in [-0.3, -0.25) is 4.79 Å². The molecule has 0 unspecified atom stereocenters. The highest BCUT2D eigenvalue weighted by atomic mass is 16.5. The third-order valence-corrected chi connectivity index (χ3v) is 4.50. The van der Waals surface area contributed by atoms with E-state index in [4.69, 9.17) is 4.74 Å². The van der Waals surface area contributed by atoms with Crippen molar-refractivity contribution in [2.24, 2.45) is 0 Å². The molecule has 1 aromatic heterocycles. The van der Waals surface area contributed by atoms with Crippen molar-refractivity contribution >= 4 is 11.6 Å². The van der Waals surface area contributed by atoms with E-state index >= 15 is 0 Å². The Morgan fingerprint density at radius 3 is 2.85 bits per heavy atom. The Morgan fingerprint density at radius 1 is 1.19 bits per heavy atom. The van der Waals surface area contributed by atoms with Gasteiger partial charge in [0.2, 0.25) is 5.91 Å². The van der Waals surface area contributed by atoms with Crippen molar-refractivity contribution < 1.29 is 9.53 Å². The summed E-state index contributed by atoms with van der Waals surface area (Å²) in [5.74, 6) is 1.73. The summed E-state index contributed by atoms with van der Waals surface area (Å²) >= 11 is 0. The third-order valence-electron chi connectivity index (χ3n) is 4.50. The molecule has 7 nitrogen and oxygen atoms in total. The summed E-state index contributed by atoms with van der Waals surface area (Å²) in [6, 6.07) is 15.6. The highest BCUT2D eigenvalue weighted by Gasteiger charge is 2.23. The number of aromatic nitrogens is 4. The van der Waals surface area contributed by atoms with E-state index in [2.05, 4.69) is 25.9 Å². The van der Waals surface area contributed by atoms with Gasteiger partial charge >= 0.3 is 0 Å². The summed E-state index contributed by atoms with van der Waals surface area (Å²) in [6.07, 6.45) is 1.91. The molecule has 1 amide bonds. The zero-order valence-electron chi connectivity index (χ0n) is 14.2. The molecule has 0 fully saturated rings. The maximum atomic E-state index is 12.4. The third kappa shape index (κ3) is 3.72. The Balaban J connectivity index is 1.36. The Morgan fingerprint density at radius 2 is 2.04 bits per heavy atom. The van der Waals surface area contributed by atoms with Crippen LogP contribution in [0.1, 0.15) is 35.7 Å². The van der Waals surface area contributed by atoms with Gasteiger partial charge in [-0.15, -0.1) is 10.2 Å². The van der Waals surface area contributed by atoms with Gasteiger partial charge in [-0.1, -0.05) is 35.5 Å². The smallest absolute Gasteiger partial charge is 0.224 e. The van der Waals surface area contributed by atoms with E-state index in [1.165, 1.54) is 0 Å². The van der Waals surface area contributed by atoms with Gasteiger partial charge in [-0.25, -0.2) is 0 Å². The van der Waals surface area contributed by atoms with Gasteiger partial charge in [0.1, 0.15) is 5.75 Å². The summed E-state index contributed by atoms with van der Waals surface area (Å²) in [4.78, 5) is 12.4. The van der Waals surface area contributed by atoms with Gasteiger partial charge < -0.3 is 10.1 Å². The molecule has 2 N–H and O–H groups in total. The number of ether oxygens (including phenoxy) is 1. The number of fused-ring (bicyclic) bond motifs is 1. The van der Waals surface area contributed by atoms with Crippen LogP contribution >= 0.6 is 0 Å². The lowest BCUT2D eigenvalue weighted by Gasteiger charge is -2.25. The number of benzene rings is 2. The molecule has 2 aromatic carbocycles. The molecular weight excluding hydrogens is 330 g/mol. The number of carbonyl (C=O) groups excluding carboxylic acids is 1. The molecule has 132 valence electrons. The van der Waals surface area contributed by atoms with E-state index in [0.29, 0.717) is 25.3 Å². The maximum Gasteiger partial charge on any atom is 0.224 e. The van der Waals surface area contributed by atoms with Gasteiger partial charge in [-0.05, 0) is 41.7 Å². The lowest BCUT2D eigenvalue weighted by atomic mass is 9.90. The first kappa shape index (κ1) is 16.3. The fourth-order valence-electron chi connectivity index (χ4n) is 3.21. The predicted octanol–water partition coefficient (Wildman–Crippen LogP) is 2.69. The van der Waals surface area contributed by atoms with Gasteiger partial charge in [0.15, 0.2) is 5.82 Å². The van der Waals surface area contributed by atoms with Crippen LogP contribution in [-0.4, -0.2) is 33.1 Å². The molecule has 1 atom stereocenters. The highest BCUT2D eigenvalue weighted by Crippen LogP contribution is 2.35. The first-order chi connectivity index (χ1) is 12.8. The van der Waals surface area contributed by atoms with Gasteiger partial charge in [0.25, 0.3) is 0 Å². The Kier molecular flexibility index (Phi) is 4.59. The summed E-state index contributed by atoms with van der Waals surface area (Å²) < 4.78 is 5.66. The number of nitrogens with one attached hydrogen (secondary N) is 2. The molecule has 1 aliphatic rings. The quantitative estimate of drug-likeness (QED) is 0.739. The average Bonchev–Trinajstić information content (AvgIpc) is 3.17. The van der Waals surface area contributed by atoms with Crippen LogP contribution in [0, 0.1) is 0 Å². The van der Waals surface area contributed by atoms with Crippen molar-refractivity contribution in [2.75, 3.05) is 11.9 Å². The number of para-hydroxylation sites is 1. The standard InChI is InChI=1S/C19H19N5O2/c25-19(12-14-9-10-26-17-4-2-1-3-16(14)17)20-15-7-5-13(6-8-15)11-18-21-23-24-22-18/h1-8,14H,9-12H2,(H,20,25)(H,21,22,23,24)/t14-/m1/s1. The van der Waals surface area contributed by atoms with E-state index in [0.717, 1.165) is 29.0 Å². The van der Waals surface area contributed by atoms with Gasteiger partial charge in [0, 0.05) is 18.5 Å². The second-order valence-electron chi connectivity index (χ2n) is 6.33. The van der Waals surface area contributed by atoms with Crippen LogP contribution < -0.4 is 10.1 Å². The van der Waals surface area contributed by atoms with E-state index < -0.39 is 0 Å². The number of hydrogen-bond acceptors (Lipinski definition) is 5. The largest absolute Gasteiger partial charge is 0.493 e. The molecule has 3 aromatic rings. The Hall–Kier alpha value is -3.22. The van der Waals surface area contributed by atoms with E-state index in [-0.39, 0.29) is 11.8 Å². The van der Waals surface area contributed by atoms with E-state index in [9.17, 15) is 4.79 Å². The van der Waals surface area contributed by atoms with Crippen molar-refractivity contribution in [1.29, 1.82) is 0 Å². The summed E-state index contributed by atoms with van der Waals surface area (Å²) in [5, 5.41) is 16.8. The van der Waals surface area contributed by atoms with Crippen LogP contribution in [0.25, 0.3) is 0 Å². The number of carbonyl (C=O) groups is 1. The topological polar surface area (TPSA) is 92.8 Å². The molecule has 0 aliphatic carbocycles. The molecule has 0 saturated carbocycles. The van der Waals surface area contributed by atoms with Crippen LogP contribution in [-0.2, 0) is 11.2 Å². The number of nitrogens with zero attached hydrogens (tertiary/aromatic N) is 3. The number of H-pyrrole nitrogens is 1. The lowest BCUT2D eigenvalue weighted by Crippen LogP contribution is -2.20.